The molecule has 1 N–H and O–H groups in total. The second-order valence-electron chi connectivity index (χ2n) is 7.29. The molecule has 1 atom stereocenters. The number of carbonyl (C=O) groups is 1. The van der Waals surface area contributed by atoms with E-state index in [4.69, 9.17) is 9.72 Å². The van der Waals surface area contributed by atoms with Gasteiger partial charge in [0.2, 0.25) is 0 Å². The zero-order valence-corrected chi connectivity index (χ0v) is 17.7. The number of ether oxygens (including phenoxy) is 1. The van der Waals surface area contributed by atoms with Gasteiger partial charge in [0.1, 0.15) is 5.75 Å². The first kappa shape index (κ1) is 19.6. The van der Waals surface area contributed by atoms with Crippen molar-refractivity contribution in [3.8, 4) is 17.0 Å². The summed E-state index contributed by atoms with van der Waals surface area (Å²) >= 11 is 0. The van der Waals surface area contributed by atoms with Gasteiger partial charge in [0.15, 0.2) is 5.65 Å². The first-order chi connectivity index (χ1) is 14.4. The molecule has 3 heterocycles. The number of methoxy groups -OCH3 is 1. The van der Waals surface area contributed by atoms with Crippen LogP contribution in [0, 0.1) is 6.92 Å². The normalized spacial score (nSPS) is 12.2. The lowest BCUT2D eigenvalue weighted by Crippen LogP contribution is -2.27. The zero-order valence-electron chi connectivity index (χ0n) is 17.7. The summed E-state index contributed by atoms with van der Waals surface area (Å²) in [5.41, 5.74) is 4.78. The van der Waals surface area contributed by atoms with Crippen molar-refractivity contribution in [2.24, 2.45) is 14.1 Å². The van der Waals surface area contributed by atoms with E-state index in [1.807, 2.05) is 58.3 Å². The fourth-order valence-corrected chi connectivity index (χ4v) is 3.50. The molecule has 0 aliphatic carbocycles. The Labute approximate surface area is 174 Å². The number of pyridine rings is 1. The number of aromatic nitrogens is 5. The second-order valence-corrected chi connectivity index (χ2v) is 7.29. The largest absolute Gasteiger partial charge is 0.497 e. The van der Waals surface area contributed by atoms with Crippen LogP contribution < -0.4 is 10.1 Å². The van der Waals surface area contributed by atoms with E-state index >= 15 is 0 Å². The van der Waals surface area contributed by atoms with Gasteiger partial charge in [0.25, 0.3) is 5.91 Å². The summed E-state index contributed by atoms with van der Waals surface area (Å²) in [6.45, 7) is 3.94. The van der Waals surface area contributed by atoms with E-state index in [1.165, 1.54) is 0 Å². The molecule has 1 amide bonds. The van der Waals surface area contributed by atoms with Crippen molar-refractivity contribution in [1.29, 1.82) is 0 Å². The number of fused-ring (bicyclic) bond motifs is 1. The molecule has 30 heavy (non-hydrogen) atoms. The van der Waals surface area contributed by atoms with E-state index in [9.17, 15) is 4.79 Å². The Kier molecular flexibility index (Phi) is 4.99. The lowest BCUT2D eigenvalue weighted by Gasteiger charge is -2.15. The summed E-state index contributed by atoms with van der Waals surface area (Å²) in [6, 6.07) is 9.22. The minimum atomic E-state index is -0.185. The number of hydrogen-bond donors (Lipinski definition) is 1. The molecule has 4 rings (SSSR count). The Morgan fingerprint density at radius 3 is 2.43 bits per heavy atom. The fraction of sp³-hybridized carbons (Fsp3) is 0.273. The number of hydrogen-bond acceptors (Lipinski definition) is 5. The monoisotopic (exact) mass is 404 g/mol. The van der Waals surface area contributed by atoms with Gasteiger partial charge in [0.05, 0.1) is 42.2 Å². The topological polar surface area (TPSA) is 86.9 Å². The molecule has 0 bridgehead atoms. The van der Waals surface area contributed by atoms with E-state index in [-0.39, 0.29) is 11.9 Å². The summed E-state index contributed by atoms with van der Waals surface area (Å²) < 4.78 is 8.71. The van der Waals surface area contributed by atoms with Gasteiger partial charge in [-0.2, -0.15) is 10.2 Å². The van der Waals surface area contributed by atoms with Gasteiger partial charge in [-0.1, -0.05) is 0 Å². The van der Waals surface area contributed by atoms with Crippen LogP contribution in [-0.2, 0) is 14.1 Å². The number of nitrogens with one attached hydrogen (secondary N) is 1. The number of aryl methyl sites for hydroxylation is 2. The minimum absolute atomic E-state index is 0.180. The Morgan fingerprint density at radius 2 is 1.80 bits per heavy atom. The molecule has 8 nitrogen and oxygen atoms in total. The summed E-state index contributed by atoms with van der Waals surface area (Å²) in [5.74, 6) is 0.583. The number of rotatable bonds is 5. The molecule has 0 aliphatic rings. The quantitative estimate of drug-likeness (QED) is 0.552. The van der Waals surface area contributed by atoms with Crippen molar-refractivity contribution in [1.82, 2.24) is 29.9 Å². The molecule has 0 saturated carbocycles. The van der Waals surface area contributed by atoms with Gasteiger partial charge in [-0.15, -0.1) is 0 Å². The van der Waals surface area contributed by atoms with Crippen LogP contribution in [0.4, 0.5) is 0 Å². The Morgan fingerprint density at radius 1 is 1.10 bits per heavy atom. The highest BCUT2D eigenvalue weighted by atomic mass is 16.5. The molecular weight excluding hydrogens is 380 g/mol. The third-order valence-electron chi connectivity index (χ3n) is 5.42. The average molecular weight is 404 g/mol. The smallest absolute Gasteiger partial charge is 0.252 e. The van der Waals surface area contributed by atoms with Gasteiger partial charge < -0.3 is 10.1 Å². The molecule has 1 aromatic carbocycles. The number of nitrogens with zero attached hydrogens (tertiary/aromatic N) is 5. The van der Waals surface area contributed by atoms with Crippen molar-refractivity contribution in [3.05, 3.63) is 59.5 Å². The number of carbonyl (C=O) groups excluding carboxylic acids is 1. The molecule has 154 valence electrons. The van der Waals surface area contributed by atoms with Crippen molar-refractivity contribution >= 4 is 16.9 Å². The molecule has 3 aromatic heterocycles. The standard InChI is InChI=1S/C22H24N6O2/c1-13(18-11-23-27(3)14(18)2)25-22(29)17-10-20(15-6-8-16(30-5)9-7-15)26-21-19(17)12-24-28(21)4/h6-13H,1-5H3,(H,25,29)/t13-/m0/s1. The molecule has 0 fully saturated rings. The predicted octanol–water partition coefficient (Wildman–Crippen LogP) is 3.18. The molecule has 0 spiro atoms. The van der Waals surface area contributed by atoms with Gasteiger partial charge in [-0.05, 0) is 44.2 Å². The maximum absolute atomic E-state index is 13.2. The molecule has 0 saturated heterocycles. The van der Waals surface area contributed by atoms with E-state index in [2.05, 4.69) is 15.5 Å². The first-order valence-electron chi connectivity index (χ1n) is 9.65. The van der Waals surface area contributed by atoms with Gasteiger partial charge >= 0.3 is 0 Å². The SMILES string of the molecule is COc1ccc(-c2cc(C(=O)N[C@@H](C)c3cnn(C)c3C)c3cnn(C)c3n2)cc1. The van der Waals surface area contributed by atoms with Crippen LogP contribution in [0.1, 0.15) is 34.6 Å². The summed E-state index contributed by atoms with van der Waals surface area (Å²) in [5, 5.41) is 12.4. The minimum Gasteiger partial charge on any atom is -0.497 e. The molecule has 0 radical (unpaired) electrons. The van der Waals surface area contributed by atoms with Crippen LogP contribution in [0.25, 0.3) is 22.3 Å². The van der Waals surface area contributed by atoms with Crippen molar-refractivity contribution in [2.45, 2.75) is 19.9 Å². The van der Waals surface area contributed by atoms with Crippen LogP contribution in [0.2, 0.25) is 0 Å². The second kappa shape index (κ2) is 7.62. The van der Waals surface area contributed by atoms with Crippen molar-refractivity contribution in [3.63, 3.8) is 0 Å². The van der Waals surface area contributed by atoms with Gasteiger partial charge in [-0.3, -0.25) is 14.2 Å². The van der Waals surface area contributed by atoms with Crippen molar-refractivity contribution < 1.29 is 9.53 Å². The maximum atomic E-state index is 13.2. The first-order valence-corrected chi connectivity index (χ1v) is 9.65. The van der Waals surface area contributed by atoms with Crippen LogP contribution in [0.15, 0.2) is 42.7 Å². The third-order valence-corrected chi connectivity index (χ3v) is 5.42. The molecule has 0 unspecified atom stereocenters. The lowest BCUT2D eigenvalue weighted by atomic mass is 10.0. The van der Waals surface area contributed by atoms with Crippen LogP contribution in [-0.4, -0.2) is 37.6 Å². The van der Waals surface area contributed by atoms with Crippen molar-refractivity contribution in [2.75, 3.05) is 7.11 Å². The molecule has 4 aromatic rings. The van der Waals surface area contributed by atoms with E-state index < -0.39 is 0 Å². The summed E-state index contributed by atoms with van der Waals surface area (Å²) in [7, 11) is 5.33. The Hall–Kier alpha value is -3.68. The van der Waals surface area contributed by atoms with Gasteiger partial charge in [0, 0.05) is 30.9 Å². The van der Waals surface area contributed by atoms with Crippen LogP contribution >= 0.6 is 0 Å². The summed E-state index contributed by atoms with van der Waals surface area (Å²) in [6.07, 6.45) is 3.46. The van der Waals surface area contributed by atoms with E-state index in [0.29, 0.717) is 22.3 Å². The highest BCUT2D eigenvalue weighted by molar-refractivity contribution is 6.06. The van der Waals surface area contributed by atoms with E-state index in [1.54, 1.807) is 28.9 Å². The van der Waals surface area contributed by atoms with Gasteiger partial charge in [-0.25, -0.2) is 4.98 Å². The Balaban J connectivity index is 1.73. The molecular formula is C22H24N6O2. The number of amides is 1. The van der Waals surface area contributed by atoms with E-state index in [0.717, 1.165) is 22.6 Å². The zero-order chi connectivity index (χ0) is 21.4. The van der Waals surface area contributed by atoms with Crippen LogP contribution in [0.5, 0.6) is 5.75 Å². The number of benzene rings is 1. The third kappa shape index (κ3) is 3.41. The predicted molar refractivity (Wildman–Crippen MR) is 114 cm³/mol. The Bertz CT molecular complexity index is 1220. The highest BCUT2D eigenvalue weighted by Crippen LogP contribution is 2.27. The lowest BCUT2D eigenvalue weighted by molar-refractivity contribution is 0.0941. The average Bonchev–Trinajstić information content (AvgIpc) is 3.29. The highest BCUT2D eigenvalue weighted by Gasteiger charge is 2.20. The molecule has 8 heteroatoms. The maximum Gasteiger partial charge on any atom is 0.252 e. The summed E-state index contributed by atoms with van der Waals surface area (Å²) in [4.78, 5) is 18.0. The van der Waals surface area contributed by atoms with Crippen LogP contribution in [0.3, 0.4) is 0 Å². The molecule has 0 aliphatic heterocycles. The fourth-order valence-electron chi connectivity index (χ4n) is 3.50.